The zero-order valence-electron chi connectivity index (χ0n) is 18.7. The molecule has 1 amide bonds. The summed E-state index contributed by atoms with van der Waals surface area (Å²) in [6.07, 6.45) is 3.32. The van der Waals surface area contributed by atoms with Crippen molar-refractivity contribution in [3.8, 4) is 0 Å². The van der Waals surface area contributed by atoms with E-state index in [-0.39, 0.29) is 11.5 Å². The number of rotatable bonds is 4. The Bertz CT molecular complexity index is 987. The summed E-state index contributed by atoms with van der Waals surface area (Å²) < 4.78 is 26.5. The second-order valence-electron chi connectivity index (χ2n) is 8.81. The van der Waals surface area contributed by atoms with Gasteiger partial charge in [-0.25, -0.2) is 8.78 Å². The number of likely N-dealkylation sites (tertiary alicyclic amines) is 2. The van der Waals surface area contributed by atoms with Gasteiger partial charge in [0.1, 0.15) is 0 Å². The summed E-state index contributed by atoms with van der Waals surface area (Å²) >= 11 is 1.71. The molecule has 2 aromatic carbocycles. The molecule has 1 unspecified atom stereocenters. The number of carbonyl (C=O) groups excluding carboxylic acids is 1. The summed E-state index contributed by atoms with van der Waals surface area (Å²) in [5.74, 6) is -1.00. The predicted molar refractivity (Wildman–Crippen MR) is 130 cm³/mol. The van der Waals surface area contributed by atoms with Crippen molar-refractivity contribution in [1.82, 2.24) is 9.80 Å². The number of piperidine rings is 1. The monoisotopic (exact) mass is 468 g/mol. The number of nitrogens with zero attached hydrogens (tertiary/aromatic N) is 2. The average Bonchev–Trinajstić information content (AvgIpc) is 3.57. The van der Waals surface area contributed by atoms with Crippen molar-refractivity contribution in [2.24, 2.45) is 5.92 Å². The second kappa shape index (κ2) is 11.5. The Kier molecular flexibility index (Phi) is 8.24. The van der Waals surface area contributed by atoms with Crippen LogP contribution >= 0.6 is 11.3 Å². The fourth-order valence-corrected chi connectivity index (χ4v) is 5.20. The highest BCUT2D eigenvalue weighted by Crippen LogP contribution is 2.29. The lowest BCUT2D eigenvalue weighted by Gasteiger charge is -2.33. The Hall–Kier alpha value is -2.57. The van der Waals surface area contributed by atoms with Gasteiger partial charge < -0.3 is 9.80 Å². The predicted octanol–water partition coefficient (Wildman–Crippen LogP) is 6.05. The standard InChI is InChI=1S/C23H26F2N2O.C4H4S/c24-21-7-6-20(14-22(21)25)23(28)27-13-8-17(16-27)15-26-11-9-19(10-12-26)18-4-2-1-3-5-18;1-2-4-5-3-1/h1-7,14,17,19H,8-13,15-16H2;1-4H. The van der Waals surface area contributed by atoms with Crippen LogP contribution in [0.15, 0.2) is 71.4 Å². The lowest BCUT2D eigenvalue weighted by molar-refractivity contribution is 0.0781. The fraction of sp³-hybridized carbons (Fsp3) is 0.370. The number of carbonyl (C=O) groups is 1. The van der Waals surface area contributed by atoms with Crippen LogP contribution in [0.4, 0.5) is 8.78 Å². The minimum Gasteiger partial charge on any atom is -0.338 e. The molecule has 0 saturated carbocycles. The third-order valence-corrected chi connectivity index (χ3v) is 7.17. The number of amides is 1. The van der Waals surface area contributed by atoms with Crippen molar-refractivity contribution >= 4 is 17.2 Å². The number of halogens is 2. The molecule has 3 aromatic rings. The normalized spacial score (nSPS) is 19.2. The van der Waals surface area contributed by atoms with E-state index in [1.165, 1.54) is 24.5 Å². The molecular formula is C27H30F2N2OS. The Balaban J connectivity index is 0.000000459. The van der Waals surface area contributed by atoms with Crippen LogP contribution in [0.1, 0.15) is 41.1 Å². The lowest BCUT2D eigenvalue weighted by atomic mass is 9.89. The molecule has 3 heterocycles. The van der Waals surface area contributed by atoms with Gasteiger partial charge in [-0.3, -0.25) is 4.79 Å². The number of benzene rings is 2. The summed E-state index contributed by atoms with van der Waals surface area (Å²) in [7, 11) is 0. The van der Waals surface area contributed by atoms with Gasteiger partial charge in [0.25, 0.3) is 5.91 Å². The van der Waals surface area contributed by atoms with Gasteiger partial charge in [0, 0.05) is 25.2 Å². The molecule has 0 bridgehead atoms. The van der Waals surface area contributed by atoms with E-state index in [1.54, 1.807) is 16.2 Å². The largest absolute Gasteiger partial charge is 0.338 e. The summed E-state index contributed by atoms with van der Waals surface area (Å²) in [5.41, 5.74) is 1.66. The smallest absolute Gasteiger partial charge is 0.253 e. The van der Waals surface area contributed by atoms with Crippen LogP contribution in [0.25, 0.3) is 0 Å². The van der Waals surface area contributed by atoms with E-state index in [9.17, 15) is 13.6 Å². The van der Waals surface area contributed by atoms with Gasteiger partial charge in [-0.2, -0.15) is 11.3 Å². The first-order valence-electron chi connectivity index (χ1n) is 11.6. The highest BCUT2D eigenvalue weighted by atomic mass is 32.1. The molecule has 1 aromatic heterocycles. The third-order valence-electron chi connectivity index (χ3n) is 6.54. The molecule has 2 aliphatic rings. The minimum atomic E-state index is -0.970. The zero-order valence-corrected chi connectivity index (χ0v) is 19.5. The van der Waals surface area contributed by atoms with Crippen molar-refractivity contribution in [3.63, 3.8) is 0 Å². The molecule has 2 aliphatic heterocycles. The highest BCUT2D eigenvalue weighted by molar-refractivity contribution is 7.07. The van der Waals surface area contributed by atoms with E-state index < -0.39 is 11.6 Å². The van der Waals surface area contributed by atoms with Crippen LogP contribution in [0, 0.1) is 17.6 Å². The summed E-state index contributed by atoms with van der Waals surface area (Å²) in [5, 5.41) is 4.08. The third kappa shape index (κ3) is 6.49. The molecule has 174 valence electrons. The number of thiophene rings is 1. The van der Waals surface area contributed by atoms with Crippen LogP contribution in [-0.4, -0.2) is 48.4 Å². The van der Waals surface area contributed by atoms with Crippen LogP contribution in [-0.2, 0) is 0 Å². The van der Waals surface area contributed by atoms with Crippen LogP contribution in [0.5, 0.6) is 0 Å². The van der Waals surface area contributed by atoms with E-state index in [2.05, 4.69) is 35.2 Å². The Morgan fingerprint density at radius 2 is 1.61 bits per heavy atom. The Morgan fingerprint density at radius 1 is 0.879 bits per heavy atom. The van der Waals surface area contributed by atoms with E-state index in [0.717, 1.165) is 38.2 Å². The quantitative estimate of drug-likeness (QED) is 0.465. The SMILES string of the molecule is O=C(c1ccc(F)c(F)c1)N1CCC(CN2CCC(c3ccccc3)CC2)C1.c1ccsc1. The second-order valence-corrected chi connectivity index (χ2v) is 9.63. The van der Waals surface area contributed by atoms with Crippen LogP contribution in [0.2, 0.25) is 0 Å². The average molecular weight is 469 g/mol. The maximum absolute atomic E-state index is 13.4. The van der Waals surface area contributed by atoms with Crippen molar-refractivity contribution in [2.75, 3.05) is 32.7 Å². The van der Waals surface area contributed by atoms with Crippen molar-refractivity contribution < 1.29 is 13.6 Å². The van der Waals surface area contributed by atoms with E-state index in [0.29, 0.717) is 24.9 Å². The Morgan fingerprint density at radius 3 is 2.24 bits per heavy atom. The molecule has 33 heavy (non-hydrogen) atoms. The van der Waals surface area contributed by atoms with E-state index in [1.807, 2.05) is 22.9 Å². The van der Waals surface area contributed by atoms with Gasteiger partial charge in [-0.05, 0) is 78.7 Å². The van der Waals surface area contributed by atoms with E-state index >= 15 is 0 Å². The molecule has 6 heteroatoms. The first kappa shape index (κ1) is 23.6. The minimum absolute atomic E-state index is 0.204. The molecule has 0 aliphatic carbocycles. The van der Waals surface area contributed by atoms with Crippen molar-refractivity contribution in [3.05, 3.63) is 94.2 Å². The van der Waals surface area contributed by atoms with Gasteiger partial charge in [-0.1, -0.05) is 42.5 Å². The van der Waals surface area contributed by atoms with Gasteiger partial charge >= 0.3 is 0 Å². The van der Waals surface area contributed by atoms with Crippen molar-refractivity contribution in [1.29, 1.82) is 0 Å². The van der Waals surface area contributed by atoms with Gasteiger partial charge in [0.05, 0.1) is 0 Å². The number of hydrogen-bond acceptors (Lipinski definition) is 3. The molecule has 0 spiro atoms. The molecule has 3 nitrogen and oxygen atoms in total. The Labute approximate surface area is 198 Å². The number of hydrogen-bond donors (Lipinski definition) is 0. The van der Waals surface area contributed by atoms with Crippen LogP contribution in [0.3, 0.4) is 0 Å². The van der Waals surface area contributed by atoms with E-state index in [4.69, 9.17) is 0 Å². The summed E-state index contributed by atoms with van der Waals surface area (Å²) in [4.78, 5) is 16.9. The fourth-order valence-electron chi connectivity index (χ4n) is 4.74. The van der Waals surface area contributed by atoms with Crippen molar-refractivity contribution in [2.45, 2.75) is 25.2 Å². The first-order valence-corrected chi connectivity index (χ1v) is 12.5. The lowest BCUT2D eigenvalue weighted by Crippen LogP contribution is -2.37. The van der Waals surface area contributed by atoms with Gasteiger partial charge in [-0.15, -0.1) is 0 Å². The summed E-state index contributed by atoms with van der Waals surface area (Å²) in [6, 6.07) is 18.1. The highest BCUT2D eigenvalue weighted by Gasteiger charge is 2.30. The molecule has 0 N–H and O–H groups in total. The molecular weight excluding hydrogens is 438 g/mol. The molecule has 5 rings (SSSR count). The molecule has 2 fully saturated rings. The topological polar surface area (TPSA) is 23.6 Å². The maximum atomic E-state index is 13.4. The van der Waals surface area contributed by atoms with Gasteiger partial charge in [0.2, 0.25) is 0 Å². The maximum Gasteiger partial charge on any atom is 0.253 e. The van der Waals surface area contributed by atoms with Crippen LogP contribution < -0.4 is 0 Å². The molecule has 2 saturated heterocycles. The molecule has 1 atom stereocenters. The summed E-state index contributed by atoms with van der Waals surface area (Å²) in [6.45, 7) is 4.56. The first-order chi connectivity index (χ1) is 16.1. The molecule has 0 radical (unpaired) electrons. The zero-order chi connectivity index (χ0) is 23.0. The van der Waals surface area contributed by atoms with Gasteiger partial charge in [0.15, 0.2) is 11.6 Å².